The van der Waals surface area contributed by atoms with E-state index in [1.54, 1.807) is 12.1 Å². The topological polar surface area (TPSA) is 67.8 Å². The van der Waals surface area contributed by atoms with Crippen molar-refractivity contribution in [1.29, 1.82) is 0 Å². The molecule has 0 heterocycles. The van der Waals surface area contributed by atoms with Crippen LogP contribution in [0.5, 0.6) is 5.75 Å². The van der Waals surface area contributed by atoms with Gasteiger partial charge in [-0.25, -0.2) is 0 Å². The van der Waals surface area contributed by atoms with Crippen molar-refractivity contribution >= 4 is 73.6 Å². The molecule has 3 N–H and O–H groups in total. The molecule has 20 heavy (non-hydrogen) atoms. The Kier molecular flexibility index (Phi) is 6.88. The monoisotopic (exact) mass is 626 g/mol. The van der Waals surface area contributed by atoms with Crippen LogP contribution in [0.4, 0.5) is 13.2 Å². The fourth-order valence-corrected chi connectivity index (χ4v) is 5.14. The number of halogens is 6. The third kappa shape index (κ3) is 4.92. The van der Waals surface area contributed by atoms with Crippen molar-refractivity contribution in [2.24, 2.45) is 16.8 Å². The van der Waals surface area contributed by atoms with Crippen molar-refractivity contribution in [3.8, 4) is 5.75 Å². The van der Waals surface area contributed by atoms with E-state index in [-0.39, 0.29) is 0 Å². The largest absolute Gasteiger partial charge is 0.490 e. The third-order valence-corrected chi connectivity index (χ3v) is 4.45. The number of oxime groups is 1. The van der Waals surface area contributed by atoms with E-state index in [0.717, 1.165) is 3.57 Å². The molecule has 10 heteroatoms. The predicted molar refractivity (Wildman–Crippen MR) is 93.0 cm³/mol. The van der Waals surface area contributed by atoms with Gasteiger partial charge in [0.25, 0.3) is 0 Å². The van der Waals surface area contributed by atoms with Crippen LogP contribution >= 0.6 is 67.8 Å². The van der Waals surface area contributed by atoms with Crippen molar-refractivity contribution in [3.63, 3.8) is 0 Å². The number of hydrogen-bond acceptors (Lipinski definition) is 3. The van der Waals surface area contributed by atoms with Crippen LogP contribution in [0.2, 0.25) is 0 Å². The molecule has 112 valence electrons. The number of amidine groups is 1. The van der Waals surface area contributed by atoms with E-state index in [9.17, 15) is 13.2 Å². The van der Waals surface area contributed by atoms with Crippen LogP contribution in [0.1, 0.15) is 0 Å². The molecule has 1 unspecified atom stereocenters. The van der Waals surface area contributed by atoms with Gasteiger partial charge in [-0.3, -0.25) is 0 Å². The van der Waals surface area contributed by atoms with E-state index < -0.39 is 24.5 Å². The van der Waals surface area contributed by atoms with Crippen molar-refractivity contribution < 1.29 is 23.1 Å². The van der Waals surface area contributed by atoms with E-state index in [1.165, 1.54) is 0 Å². The van der Waals surface area contributed by atoms with Crippen LogP contribution in [-0.4, -0.2) is 23.8 Å². The summed E-state index contributed by atoms with van der Waals surface area (Å²) in [4.78, 5) is 0. The Hall–Kier alpha value is 0.270. The fourth-order valence-electron chi connectivity index (χ4n) is 1.25. The molecule has 0 spiro atoms. The number of alkyl halides is 3. The zero-order valence-electron chi connectivity index (χ0n) is 9.59. The van der Waals surface area contributed by atoms with Gasteiger partial charge in [-0.05, 0) is 79.9 Å². The van der Waals surface area contributed by atoms with E-state index in [1.807, 2.05) is 45.2 Å². The Balaban J connectivity index is 2.95. The molecule has 0 fully saturated rings. The predicted octanol–water partition coefficient (Wildman–Crippen LogP) is 3.80. The molecular formula is C10H8F3I3N2O2. The minimum atomic E-state index is -4.64. The van der Waals surface area contributed by atoms with Crippen molar-refractivity contribution in [2.45, 2.75) is 6.18 Å². The Morgan fingerprint density at radius 3 is 2.20 bits per heavy atom. The highest BCUT2D eigenvalue weighted by atomic mass is 127. The van der Waals surface area contributed by atoms with Crippen LogP contribution < -0.4 is 10.5 Å². The lowest BCUT2D eigenvalue weighted by Crippen LogP contribution is -2.40. The molecule has 0 amide bonds. The van der Waals surface area contributed by atoms with Crippen LogP contribution in [0.15, 0.2) is 17.3 Å². The molecule has 0 saturated heterocycles. The van der Waals surface area contributed by atoms with Gasteiger partial charge < -0.3 is 15.7 Å². The Morgan fingerprint density at radius 2 is 1.80 bits per heavy atom. The standard InChI is InChI=1S/C10H8F3I3N2O2/c11-10(12,13)5(9(17)18-19)3-20-8-6(15)1-4(14)2-7(8)16/h1-2,5,19H,3H2,(H2,17,18). The fraction of sp³-hybridized carbons (Fsp3) is 0.300. The van der Waals surface area contributed by atoms with Crippen LogP contribution in [-0.2, 0) is 0 Å². The van der Waals surface area contributed by atoms with Crippen LogP contribution in [0, 0.1) is 16.6 Å². The highest BCUT2D eigenvalue weighted by Crippen LogP contribution is 2.32. The maximum Gasteiger partial charge on any atom is 0.402 e. The second-order valence-corrected chi connectivity index (χ2v) is 7.20. The second-order valence-electron chi connectivity index (χ2n) is 3.63. The molecular weight excluding hydrogens is 618 g/mol. The number of ether oxygens (including phenoxy) is 1. The Labute approximate surface area is 153 Å². The zero-order chi connectivity index (χ0) is 15.5. The number of rotatable bonds is 4. The van der Waals surface area contributed by atoms with Crippen LogP contribution in [0.3, 0.4) is 0 Å². The normalized spacial score (nSPS) is 14.2. The summed E-state index contributed by atoms with van der Waals surface area (Å²) in [5.41, 5.74) is 5.06. The molecule has 0 aromatic heterocycles. The van der Waals surface area contributed by atoms with Gasteiger partial charge >= 0.3 is 6.18 Å². The second kappa shape index (κ2) is 7.51. The summed E-state index contributed by atoms with van der Waals surface area (Å²) >= 11 is 6.06. The third-order valence-electron chi connectivity index (χ3n) is 2.23. The van der Waals surface area contributed by atoms with Gasteiger partial charge in [-0.1, -0.05) is 5.16 Å². The molecule has 1 aromatic rings. The Morgan fingerprint density at radius 1 is 1.30 bits per heavy atom. The molecule has 0 aliphatic carbocycles. The summed E-state index contributed by atoms with van der Waals surface area (Å²) in [6.07, 6.45) is -4.64. The van der Waals surface area contributed by atoms with E-state index in [4.69, 9.17) is 15.7 Å². The van der Waals surface area contributed by atoms with E-state index in [2.05, 4.69) is 27.7 Å². The summed E-state index contributed by atoms with van der Waals surface area (Å²) in [7, 11) is 0. The summed E-state index contributed by atoms with van der Waals surface area (Å²) in [6, 6.07) is 3.56. The smallest absolute Gasteiger partial charge is 0.402 e. The summed E-state index contributed by atoms with van der Waals surface area (Å²) < 4.78 is 45.9. The first-order chi connectivity index (χ1) is 9.16. The molecule has 0 aliphatic rings. The molecule has 4 nitrogen and oxygen atoms in total. The van der Waals surface area contributed by atoms with Gasteiger partial charge in [-0.2, -0.15) is 13.2 Å². The molecule has 0 bridgehead atoms. The van der Waals surface area contributed by atoms with Crippen molar-refractivity contribution in [1.82, 2.24) is 0 Å². The first-order valence-electron chi connectivity index (χ1n) is 4.98. The average Bonchev–Trinajstić information content (AvgIpc) is 2.30. The van der Waals surface area contributed by atoms with Crippen molar-refractivity contribution in [2.75, 3.05) is 6.61 Å². The zero-order valence-corrected chi connectivity index (χ0v) is 16.1. The lowest BCUT2D eigenvalue weighted by atomic mass is 10.1. The highest BCUT2D eigenvalue weighted by Gasteiger charge is 2.43. The SMILES string of the molecule is NC(=NO)C(COc1c(I)cc(I)cc1I)C(F)(F)F. The number of hydrogen-bond donors (Lipinski definition) is 2. The quantitative estimate of drug-likeness (QED) is 0.176. The average molecular weight is 626 g/mol. The molecule has 0 radical (unpaired) electrons. The lowest BCUT2D eigenvalue weighted by molar-refractivity contribution is -0.162. The number of benzene rings is 1. The molecule has 1 atom stereocenters. The first kappa shape index (κ1) is 18.3. The molecule has 0 aliphatic heterocycles. The lowest BCUT2D eigenvalue weighted by Gasteiger charge is -2.20. The van der Waals surface area contributed by atoms with Gasteiger partial charge in [0.1, 0.15) is 18.3 Å². The van der Waals surface area contributed by atoms with E-state index in [0.29, 0.717) is 12.9 Å². The summed E-state index contributed by atoms with van der Waals surface area (Å²) in [6.45, 7) is -0.744. The first-order valence-corrected chi connectivity index (χ1v) is 8.22. The van der Waals surface area contributed by atoms with Gasteiger partial charge in [0.2, 0.25) is 0 Å². The van der Waals surface area contributed by atoms with Gasteiger partial charge in [0.15, 0.2) is 5.84 Å². The minimum Gasteiger partial charge on any atom is -0.490 e. The van der Waals surface area contributed by atoms with E-state index >= 15 is 0 Å². The van der Waals surface area contributed by atoms with Gasteiger partial charge in [0, 0.05) is 3.57 Å². The molecule has 1 aromatic carbocycles. The summed E-state index contributed by atoms with van der Waals surface area (Å²) in [5.74, 6) is -2.72. The minimum absolute atomic E-state index is 0.353. The Bertz CT molecular complexity index is 500. The summed E-state index contributed by atoms with van der Waals surface area (Å²) in [5, 5.41) is 10.8. The molecule has 1 rings (SSSR count). The number of nitrogens with zero attached hydrogens (tertiary/aromatic N) is 1. The maximum absolute atomic E-state index is 12.8. The maximum atomic E-state index is 12.8. The van der Waals surface area contributed by atoms with Gasteiger partial charge in [0.05, 0.1) is 7.14 Å². The van der Waals surface area contributed by atoms with Gasteiger partial charge in [-0.15, -0.1) is 0 Å². The van der Waals surface area contributed by atoms with Crippen molar-refractivity contribution in [3.05, 3.63) is 22.8 Å². The van der Waals surface area contributed by atoms with Crippen LogP contribution in [0.25, 0.3) is 0 Å². The molecule has 0 saturated carbocycles. The highest BCUT2D eigenvalue weighted by molar-refractivity contribution is 14.1. The number of nitrogens with two attached hydrogens (primary N) is 1.